The smallest absolute Gasteiger partial charge is 0.239 e. The number of carbonyl (C=O) groups excluding carboxylic acids is 1. The number of nitrogens with one attached hydrogen (secondary N) is 1. The van der Waals surface area contributed by atoms with Gasteiger partial charge >= 0.3 is 0 Å². The molecule has 0 spiro atoms. The van der Waals surface area contributed by atoms with Gasteiger partial charge in [0.05, 0.1) is 11.0 Å². The van der Waals surface area contributed by atoms with Gasteiger partial charge in [0.15, 0.2) is 11.6 Å². The summed E-state index contributed by atoms with van der Waals surface area (Å²) in [5.41, 5.74) is 0.746. The Morgan fingerprint density at radius 2 is 2.06 bits per heavy atom. The molecule has 1 amide bonds. The maximum absolute atomic E-state index is 13.1. The molecule has 0 radical (unpaired) electrons. The average Bonchev–Trinajstić information content (AvgIpc) is 2.56. The Balaban J connectivity index is 2.58. The zero-order chi connectivity index (χ0) is 12.6. The zero-order valence-corrected chi connectivity index (χ0v) is 9.42. The largest absolute Gasteiger partial charge is 0.358 e. The normalized spacial score (nSPS) is 10.8. The van der Waals surface area contributed by atoms with E-state index in [1.165, 1.54) is 11.6 Å². The minimum atomic E-state index is -0.949. The molecule has 0 aliphatic heterocycles. The Labute approximate surface area is 96.3 Å². The summed E-state index contributed by atoms with van der Waals surface area (Å²) in [5.74, 6) is -1.58. The number of rotatable bonds is 2. The first kappa shape index (κ1) is 11.5. The van der Waals surface area contributed by atoms with Crippen molar-refractivity contribution in [2.45, 2.75) is 13.5 Å². The lowest BCUT2D eigenvalue weighted by atomic mass is 10.3. The number of amides is 1. The molecule has 0 aliphatic rings. The van der Waals surface area contributed by atoms with Crippen molar-refractivity contribution in [2.24, 2.45) is 0 Å². The highest BCUT2D eigenvalue weighted by molar-refractivity contribution is 5.81. The van der Waals surface area contributed by atoms with E-state index in [-0.39, 0.29) is 12.5 Å². The topological polar surface area (TPSA) is 46.9 Å². The fourth-order valence-corrected chi connectivity index (χ4v) is 1.66. The number of carbonyl (C=O) groups is 1. The molecule has 2 aromatic rings. The van der Waals surface area contributed by atoms with E-state index in [1.807, 2.05) is 0 Å². The molecule has 1 heterocycles. The highest BCUT2D eigenvalue weighted by Gasteiger charge is 2.13. The van der Waals surface area contributed by atoms with Crippen LogP contribution in [0.4, 0.5) is 8.78 Å². The Morgan fingerprint density at radius 1 is 1.41 bits per heavy atom. The van der Waals surface area contributed by atoms with Crippen LogP contribution in [0.25, 0.3) is 11.0 Å². The van der Waals surface area contributed by atoms with Crippen LogP contribution in [0.2, 0.25) is 0 Å². The summed E-state index contributed by atoms with van der Waals surface area (Å²) in [6.45, 7) is 1.71. The van der Waals surface area contributed by atoms with Crippen molar-refractivity contribution >= 4 is 16.9 Å². The summed E-state index contributed by atoms with van der Waals surface area (Å²) in [7, 11) is 1.51. The minimum absolute atomic E-state index is 0.0317. The molecule has 0 saturated carbocycles. The predicted molar refractivity (Wildman–Crippen MR) is 58.5 cm³/mol. The van der Waals surface area contributed by atoms with Gasteiger partial charge in [-0.05, 0) is 6.92 Å². The zero-order valence-electron chi connectivity index (χ0n) is 9.42. The van der Waals surface area contributed by atoms with Crippen molar-refractivity contribution in [1.29, 1.82) is 0 Å². The van der Waals surface area contributed by atoms with E-state index in [2.05, 4.69) is 10.3 Å². The summed E-state index contributed by atoms with van der Waals surface area (Å²) >= 11 is 0. The van der Waals surface area contributed by atoms with Crippen molar-refractivity contribution < 1.29 is 13.6 Å². The maximum atomic E-state index is 13.1. The van der Waals surface area contributed by atoms with E-state index >= 15 is 0 Å². The van der Waals surface area contributed by atoms with Crippen LogP contribution < -0.4 is 5.32 Å². The highest BCUT2D eigenvalue weighted by Crippen LogP contribution is 2.19. The Morgan fingerprint density at radius 3 is 2.71 bits per heavy atom. The van der Waals surface area contributed by atoms with Crippen LogP contribution in [0.15, 0.2) is 12.1 Å². The molecule has 1 aromatic heterocycles. The summed E-state index contributed by atoms with van der Waals surface area (Å²) in [6.07, 6.45) is 0. The molecule has 0 atom stereocenters. The lowest BCUT2D eigenvalue weighted by molar-refractivity contribution is -0.121. The number of aryl methyl sites for hydroxylation is 1. The molecule has 2 rings (SSSR count). The number of fused-ring (bicyclic) bond motifs is 1. The van der Waals surface area contributed by atoms with Crippen molar-refractivity contribution in [3.63, 3.8) is 0 Å². The lowest BCUT2D eigenvalue weighted by Crippen LogP contribution is -2.23. The van der Waals surface area contributed by atoms with Gasteiger partial charge in [-0.1, -0.05) is 0 Å². The van der Waals surface area contributed by atoms with Crippen LogP contribution in [-0.2, 0) is 11.3 Å². The fourth-order valence-electron chi connectivity index (χ4n) is 1.66. The quantitative estimate of drug-likeness (QED) is 0.860. The molecule has 1 aromatic carbocycles. The summed E-state index contributed by atoms with van der Waals surface area (Å²) < 4.78 is 27.7. The predicted octanol–water partition coefficient (Wildman–Crippen LogP) is 1.37. The second kappa shape index (κ2) is 4.12. The van der Waals surface area contributed by atoms with E-state index in [4.69, 9.17) is 0 Å². The van der Waals surface area contributed by atoms with Crippen molar-refractivity contribution in [3.8, 4) is 0 Å². The average molecular weight is 239 g/mol. The third kappa shape index (κ3) is 1.98. The Hall–Kier alpha value is -1.98. The number of hydrogen-bond acceptors (Lipinski definition) is 2. The van der Waals surface area contributed by atoms with Crippen LogP contribution in [0.5, 0.6) is 0 Å². The number of halogens is 2. The summed E-state index contributed by atoms with van der Waals surface area (Å²) in [4.78, 5) is 15.4. The monoisotopic (exact) mass is 239 g/mol. The van der Waals surface area contributed by atoms with Crippen LogP contribution in [0.3, 0.4) is 0 Å². The first-order valence-electron chi connectivity index (χ1n) is 5.05. The standard InChI is InChI=1S/C11H11F2N3O/c1-6-15-9-3-7(12)8(13)4-10(9)16(6)5-11(17)14-2/h3-4H,5H2,1-2H3,(H,14,17). The van der Waals surface area contributed by atoms with Crippen molar-refractivity contribution in [3.05, 3.63) is 29.6 Å². The molecule has 1 N–H and O–H groups in total. The van der Waals surface area contributed by atoms with Gasteiger partial charge in [0.1, 0.15) is 12.4 Å². The maximum Gasteiger partial charge on any atom is 0.239 e. The summed E-state index contributed by atoms with van der Waals surface area (Å²) in [6, 6.07) is 2.08. The molecule has 0 saturated heterocycles. The molecule has 17 heavy (non-hydrogen) atoms. The summed E-state index contributed by atoms with van der Waals surface area (Å²) in [5, 5.41) is 2.47. The molecule has 0 bridgehead atoms. The van der Waals surface area contributed by atoms with E-state index in [1.54, 1.807) is 6.92 Å². The number of benzene rings is 1. The molecule has 0 aliphatic carbocycles. The molecule has 4 nitrogen and oxygen atoms in total. The second-order valence-corrected chi connectivity index (χ2v) is 3.67. The molecular formula is C11H11F2N3O. The SMILES string of the molecule is CNC(=O)Cn1c(C)nc2cc(F)c(F)cc21. The van der Waals surface area contributed by atoms with Crippen LogP contribution in [-0.4, -0.2) is 22.5 Å². The number of aromatic nitrogens is 2. The van der Waals surface area contributed by atoms with Gasteiger partial charge in [0.2, 0.25) is 5.91 Å². The van der Waals surface area contributed by atoms with Crippen LogP contribution >= 0.6 is 0 Å². The third-order valence-corrected chi connectivity index (χ3v) is 2.56. The number of nitrogens with zero attached hydrogens (tertiary/aromatic N) is 2. The van der Waals surface area contributed by atoms with Gasteiger partial charge < -0.3 is 9.88 Å². The van der Waals surface area contributed by atoms with E-state index < -0.39 is 11.6 Å². The molecule has 0 fully saturated rings. The van der Waals surface area contributed by atoms with Crippen LogP contribution in [0, 0.1) is 18.6 Å². The first-order valence-corrected chi connectivity index (χ1v) is 5.05. The third-order valence-electron chi connectivity index (χ3n) is 2.56. The van der Waals surface area contributed by atoms with Crippen molar-refractivity contribution in [2.75, 3.05) is 7.05 Å². The lowest BCUT2D eigenvalue weighted by Gasteiger charge is -2.05. The van der Waals surface area contributed by atoms with Gasteiger partial charge in [-0.15, -0.1) is 0 Å². The number of imidazole rings is 1. The molecular weight excluding hydrogens is 228 g/mol. The van der Waals surface area contributed by atoms with E-state index in [9.17, 15) is 13.6 Å². The first-order chi connectivity index (χ1) is 8.02. The second-order valence-electron chi connectivity index (χ2n) is 3.67. The van der Waals surface area contributed by atoms with Crippen molar-refractivity contribution in [1.82, 2.24) is 14.9 Å². The minimum Gasteiger partial charge on any atom is -0.358 e. The fraction of sp³-hybridized carbons (Fsp3) is 0.273. The van der Waals surface area contributed by atoms with Gasteiger partial charge in [-0.25, -0.2) is 13.8 Å². The Kier molecular flexibility index (Phi) is 2.79. The molecule has 90 valence electrons. The molecule has 6 heteroatoms. The van der Waals surface area contributed by atoms with E-state index in [0.717, 1.165) is 12.1 Å². The van der Waals surface area contributed by atoms with Gasteiger partial charge in [-0.3, -0.25) is 4.79 Å². The number of likely N-dealkylation sites (N-methyl/N-ethyl adjacent to an activating group) is 1. The van der Waals surface area contributed by atoms with E-state index in [0.29, 0.717) is 16.9 Å². The highest BCUT2D eigenvalue weighted by atomic mass is 19.2. The number of hydrogen-bond donors (Lipinski definition) is 1. The van der Waals surface area contributed by atoms with Gasteiger partial charge in [0.25, 0.3) is 0 Å². The van der Waals surface area contributed by atoms with Crippen LogP contribution in [0.1, 0.15) is 5.82 Å². The molecule has 0 unspecified atom stereocenters. The Bertz CT molecular complexity index is 592. The van der Waals surface area contributed by atoms with Gasteiger partial charge in [-0.2, -0.15) is 0 Å². The van der Waals surface area contributed by atoms with Gasteiger partial charge in [0, 0.05) is 19.2 Å².